The maximum atomic E-state index is 12.0. The van der Waals surface area contributed by atoms with Crippen molar-refractivity contribution < 1.29 is 28.6 Å². The van der Waals surface area contributed by atoms with Gasteiger partial charge in [0, 0.05) is 30.0 Å². The van der Waals surface area contributed by atoms with Crippen LogP contribution in [-0.2, 0) is 14.3 Å². The van der Waals surface area contributed by atoms with Gasteiger partial charge in [0.1, 0.15) is 6.29 Å². The number of rotatable bonds is 9. The molecule has 0 saturated carbocycles. The zero-order chi connectivity index (χ0) is 21.3. The Morgan fingerprint density at radius 3 is 2.43 bits per heavy atom. The van der Waals surface area contributed by atoms with Gasteiger partial charge in [-0.15, -0.1) is 0 Å². The minimum atomic E-state index is -0.698. The van der Waals surface area contributed by atoms with Gasteiger partial charge in [-0.25, -0.2) is 4.79 Å². The molecule has 2 aromatic carbocycles. The van der Waals surface area contributed by atoms with E-state index in [1.165, 1.54) is 32.1 Å². The molecule has 8 nitrogen and oxygen atoms in total. The van der Waals surface area contributed by atoms with E-state index >= 15 is 0 Å². The summed E-state index contributed by atoms with van der Waals surface area (Å²) in [5, 5.41) is 2.69. The molecule has 158 valence electrons. The minimum Gasteiger partial charge on any atom is -0.493 e. The quantitative estimate of drug-likeness (QED) is 0.500. The largest absolute Gasteiger partial charge is 0.493 e. The molecular formula is C22H24N2O6. The number of hydrogen-bond acceptors (Lipinski definition) is 7. The molecule has 3 rings (SSSR count). The second-order valence-corrected chi connectivity index (χ2v) is 6.77. The molecule has 1 N–H and O–H groups in total. The van der Waals surface area contributed by atoms with E-state index in [1.54, 1.807) is 6.07 Å². The predicted molar refractivity (Wildman–Crippen MR) is 111 cm³/mol. The lowest BCUT2D eigenvalue weighted by atomic mass is 10.2. The van der Waals surface area contributed by atoms with E-state index in [0.29, 0.717) is 29.0 Å². The van der Waals surface area contributed by atoms with Crippen LogP contribution in [0.3, 0.4) is 0 Å². The summed E-state index contributed by atoms with van der Waals surface area (Å²) in [5.74, 6) is -0.522. The van der Waals surface area contributed by atoms with E-state index in [0.717, 1.165) is 18.8 Å². The highest BCUT2D eigenvalue weighted by atomic mass is 16.6. The Labute approximate surface area is 174 Å². The molecule has 0 aromatic heterocycles. The summed E-state index contributed by atoms with van der Waals surface area (Å²) in [7, 11) is 1.43. The molecule has 30 heavy (non-hydrogen) atoms. The number of ether oxygens (including phenoxy) is 3. The third kappa shape index (κ3) is 5.73. The van der Waals surface area contributed by atoms with Gasteiger partial charge >= 0.3 is 5.97 Å². The Morgan fingerprint density at radius 1 is 1.03 bits per heavy atom. The smallest absolute Gasteiger partial charge is 0.344 e. The van der Waals surface area contributed by atoms with Crippen LogP contribution in [0.4, 0.5) is 11.4 Å². The Balaban J connectivity index is 1.42. The first kappa shape index (κ1) is 21.2. The number of methoxy groups -OCH3 is 1. The van der Waals surface area contributed by atoms with Crippen molar-refractivity contribution in [2.45, 2.75) is 12.8 Å². The number of anilines is 2. The van der Waals surface area contributed by atoms with Gasteiger partial charge in [-0.1, -0.05) is 0 Å². The van der Waals surface area contributed by atoms with E-state index in [9.17, 15) is 14.4 Å². The van der Waals surface area contributed by atoms with Crippen molar-refractivity contribution in [1.82, 2.24) is 0 Å². The van der Waals surface area contributed by atoms with Crippen molar-refractivity contribution in [2.75, 3.05) is 43.6 Å². The third-order valence-corrected chi connectivity index (χ3v) is 4.66. The molecule has 0 bridgehead atoms. The van der Waals surface area contributed by atoms with Crippen LogP contribution < -0.4 is 19.7 Å². The van der Waals surface area contributed by atoms with Gasteiger partial charge in [-0.3, -0.25) is 9.59 Å². The topological polar surface area (TPSA) is 94.2 Å². The lowest BCUT2D eigenvalue weighted by molar-refractivity contribution is -0.149. The SMILES string of the molecule is COc1cc(C=O)ccc1OCC(=O)OCC(=O)Nc1ccc(N2CCCC2)cc1. The zero-order valence-electron chi connectivity index (χ0n) is 16.8. The van der Waals surface area contributed by atoms with Gasteiger partial charge in [-0.05, 0) is 55.3 Å². The van der Waals surface area contributed by atoms with Crippen LogP contribution in [-0.4, -0.2) is 51.6 Å². The molecule has 8 heteroatoms. The number of carbonyl (C=O) groups excluding carboxylic acids is 3. The Kier molecular flexibility index (Phi) is 7.26. The van der Waals surface area contributed by atoms with Crippen LogP contribution in [0.5, 0.6) is 11.5 Å². The molecule has 0 aliphatic carbocycles. The number of carbonyl (C=O) groups is 3. The molecule has 1 amide bonds. The minimum absolute atomic E-state index is 0.294. The van der Waals surface area contributed by atoms with E-state index < -0.39 is 25.1 Å². The van der Waals surface area contributed by atoms with Crippen LogP contribution >= 0.6 is 0 Å². The average molecular weight is 412 g/mol. The standard InChI is InChI=1S/C22H24N2O6/c1-28-20-12-16(13-25)4-9-19(20)29-15-22(27)30-14-21(26)23-17-5-7-18(8-6-17)24-10-2-3-11-24/h4-9,12-13H,2-3,10-11,14-15H2,1H3,(H,23,26). The van der Waals surface area contributed by atoms with Crippen molar-refractivity contribution in [3.63, 3.8) is 0 Å². The number of amides is 1. The maximum Gasteiger partial charge on any atom is 0.344 e. The lowest BCUT2D eigenvalue weighted by Crippen LogP contribution is -2.23. The summed E-state index contributed by atoms with van der Waals surface area (Å²) in [5.41, 5.74) is 2.19. The second kappa shape index (κ2) is 10.3. The summed E-state index contributed by atoms with van der Waals surface area (Å²) in [6, 6.07) is 12.1. The first-order valence-corrected chi connectivity index (χ1v) is 9.65. The number of nitrogens with one attached hydrogen (secondary N) is 1. The highest BCUT2D eigenvalue weighted by molar-refractivity contribution is 5.93. The fourth-order valence-corrected chi connectivity index (χ4v) is 3.13. The average Bonchev–Trinajstić information content (AvgIpc) is 3.31. The number of benzene rings is 2. The van der Waals surface area contributed by atoms with E-state index in [1.807, 2.05) is 24.3 Å². The van der Waals surface area contributed by atoms with Crippen LogP contribution in [0.1, 0.15) is 23.2 Å². The van der Waals surface area contributed by atoms with Gasteiger partial charge in [0.25, 0.3) is 5.91 Å². The number of esters is 1. The molecule has 2 aromatic rings. The van der Waals surface area contributed by atoms with Crippen molar-refractivity contribution in [2.24, 2.45) is 0 Å². The lowest BCUT2D eigenvalue weighted by Gasteiger charge is -2.17. The Hall–Kier alpha value is -3.55. The molecule has 0 unspecified atom stereocenters. The fourth-order valence-electron chi connectivity index (χ4n) is 3.13. The molecule has 0 radical (unpaired) electrons. The van der Waals surface area contributed by atoms with Crippen LogP contribution in [0, 0.1) is 0 Å². The van der Waals surface area contributed by atoms with Gasteiger partial charge in [0.05, 0.1) is 7.11 Å². The molecule has 1 aliphatic rings. The molecule has 0 spiro atoms. The summed E-state index contributed by atoms with van der Waals surface area (Å²) >= 11 is 0. The highest BCUT2D eigenvalue weighted by Gasteiger charge is 2.13. The molecule has 1 saturated heterocycles. The number of nitrogens with zero attached hydrogens (tertiary/aromatic N) is 1. The first-order chi connectivity index (χ1) is 14.6. The monoisotopic (exact) mass is 412 g/mol. The van der Waals surface area contributed by atoms with Gasteiger partial charge in [0.2, 0.25) is 0 Å². The van der Waals surface area contributed by atoms with Crippen LogP contribution in [0.2, 0.25) is 0 Å². The predicted octanol–water partition coefficient (Wildman–Crippen LogP) is 2.67. The van der Waals surface area contributed by atoms with Gasteiger partial charge in [-0.2, -0.15) is 0 Å². The van der Waals surface area contributed by atoms with E-state index in [2.05, 4.69) is 10.2 Å². The van der Waals surface area contributed by atoms with E-state index in [4.69, 9.17) is 14.2 Å². The molecule has 0 atom stereocenters. The summed E-state index contributed by atoms with van der Waals surface area (Å²) in [4.78, 5) is 37.0. The maximum absolute atomic E-state index is 12.0. The van der Waals surface area contributed by atoms with E-state index in [-0.39, 0.29) is 0 Å². The normalized spacial score (nSPS) is 12.9. The van der Waals surface area contributed by atoms with Crippen LogP contribution in [0.25, 0.3) is 0 Å². The van der Waals surface area contributed by atoms with Crippen LogP contribution in [0.15, 0.2) is 42.5 Å². The Bertz CT molecular complexity index is 891. The summed E-state index contributed by atoms with van der Waals surface area (Å²) < 4.78 is 15.4. The Morgan fingerprint density at radius 2 is 1.77 bits per heavy atom. The number of hydrogen-bond donors (Lipinski definition) is 1. The fraction of sp³-hybridized carbons (Fsp3) is 0.318. The first-order valence-electron chi connectivity index (χ1n) is 9.65. The number of aldehydes is 1. The molecule has 1 aliphatic heterocycles. The highest BCUT2D eigenvalue weighted by Crippen LogP contribution is 2.27. The molecular weight excluding hydrogens is 388 g/mol. The summed E-state index contributed by atoms with van der Waals surface area (Å²) in [6.45, 7) is 1.29. The molecule has 1 fully saturated rings. The second-order valence-electron chi connectivity index (χ2n) is 6.77. The third-order valence-electron chi connectivity index (χ3n) is 4.66. The van der Waals surface area contributed by atoms with Crippen molar-refractivity contribution in [3.8, 4) is 11.5 Å². The van der Waals surface area contributed by atoms with Crippen molar-refractivity contribution in [3.05, 3.63) is 48.0 Å². The summed E-state index contributed by atoms with van der Waals surface area (Å²) in [6.07, 6.45) is 3.08. The zero-order valence-corrected chi connectivity index (χ0v) is 16.8. The van der Waals surface area contributed by atoms with Gasteiger partial charge in [0.15, 0.2) is 24.7 Å². The van der Waals surface area contributed by atoms with Crippen molar-refractivity contribution in [1.29, 1.82) is 0 Å². The van der Waals surface area contributed by atoms with Crippen molar-refractivity contribution >= 4 is 29.5 Å². The van der Waals surface area contributed by atoms with Gasteiger partial charge < -0.3 is 24.4 Å². The molecule has 1 heterocycles.